The van der Waals surface area contributed by atoms with Gasteiger partial charge in [0.1, 0.15) is 12.4 Å². The van der Waals surface area contributed by atoms with Crippen molar-refractivity contribution in [1.82, 2.24) is 0 Å². The van der Waals surface area contributed by atoms with Crippen molar-refractivity contribution >= 4 is 17.6 Å². The van der Waals surface area contributed by atoms with E-state index in [2.05, 4.69) is 4.99 Å². The van der Waals surface area contributed by atoms with E-state index in [4.69, 9.17) is 26.8 Å². The van der Waals surface area contributed by atoms with Gasteiger partial charge >= 0.3 is 0 Å². The predicted molar refractivity (Wildman–Crippen MR) is 63.1 cm³/mol. The van der Waals surface area contributed by atoms with Gasteiger partial charge < -0.3 is 15.2 Å². The lowest BCUT2D eigenvalue weighted by atomic mass is 10.1. The van der Waals surface area contributed by atoms with Crippen molar-refractivity contribution in [1.29, 1.82) is 0 Å². The van der Waals surface area contributed by atoms with Crippen LogP contribution >= 0.6 is 11.6 Å². The van der Waals surface area contributed by atoms with Crippen LogP contribution in [-0.4, -0.2) is 25.8 Å². The highest BCUT2D eigenvalue weighted by Crippen LogP contribution is 2.24. The van der Waals surface area contributed by atoms with Crippen LogP contribution in [0.15, 0.2) is 23.2 Å². The zero-order chi connectivity index (χ0) is 11.5. The molecule has 1 aliphatic heterocycles. The van der Waals surface area contributed by atoms with Crippen molar-refractivity contribution in [2.75, 3.05) is 13.7 Å². The first-order valence-corrected chi connectivity index (χ1v) is 5.35. The number of aliphatic imine (C=N–C) groups is 1. The second kappa shape index (κ2) is 4.61. The second-order valence-corrected chi connectivity index (χ2v) is 4.00. The molecule has 0 aromatic heterocycles. The molecule has 0 amide bonds. The summed E-state index contributed by atoms with van der Waals surface area (Å²) in [6.45, 7) is 0.513. The summed E-state index contributed by atoms with van der Waals surface area (Å²) in [6.07, 6.45) is 0.705. The first-order valence-electron chi connectivity index (χ1n) is 4.97. The van der Waals surface area contributed by atoms with Crippen LogP contribution in [0, 0.1) is 0 Å². The summed E-state index contributed by atoms with van der Waals surface area (Å²) in [6, 6.07) is 5.85. The Bertz CT molecular complexity index is 420. The molecule has 4 nitrogen and oxygen atoms in total. The number of hydrogen-bond acceptors (Lipinski definition) is 4. The minimum absolute atomic E-state index is 0.0459. The summed E-state index contributed by atoms with van der Waals surface area (Å²) in [5.41, 5.74) is 6.44. The topological polar surface area (TPSA) is 56.8 Å². The summed E-state index contributed by atoms with van der Waals surface area (Å²) < 4.78 is 10.2. The third-order valence-electron chi connectivity index (χ3n) is 2.44. The van der Waals surface area contributed by atoms with E-state index >= 15 is 0 Å². The number of rotatable bonds is 3. The number of benzene rings is 1. The molecule has 1 aromatic carbocycles. The molecule has 1 atom stereocenters. The van der Waals surface area contributed by atoms with Crippen LogP contribution in [0.2, 0.25) is 5.02 Å². The van der Waals surface area contributed by atoms with Crippen molar-refractivity contribution in [3.8, 4) is 5.75 Å². The molecule has 86 valence electrons. The Morgan fingerprint density at radius 3 is 3.06 bits per heavy atom. The fourth-order valence-corrected chi connectivity index (χ4v) is 1.82. The summed E-state index contributed by atoms with van der Waals surface area (Å²) in [5.74, 6) is 0.787. The quantitative estimate of drug-likeness (QED) is 0.873. The monoisotopic (exact) mass is 240 g/mol. The van der Waals surface area contributed by atoms with Crippen LogP contribution in [0.25, 0.3) is 0 Å². The fourth-order valence-electron chi connectivity index (χ4n) is 1.63. The van der Waals surface area contributed by atoms with Crippen molar-refractivity contribution in [3.05, 3.63) is 28.8 Å². The highest BCUT2D eigenvalue weighted by Gasteiger charge is 2.18. The van der Waals surface area contributed by atoms with E-state index in [0.717, 1.165) is 11.3 Å². The second-order valence-electron chi connectivity index (χ2n) is 3.59. The Morgan fingerprint density at radius 1 is 1.62 bits per heavy atom. The summed E-state index contributed by atoms with van der Waals surface area (Å²) in [4.78, 5) is 4.15. The molecule has 0 spiro atoms. The van der Waals surface area contributed by atoms with Crippen molar-refractivity contribution in [2.24, 2.45) is 10.7 Å². The van der Waals surface area contributed by atoms with Crippen LogP contribution in [-0.2, 0) is 11.2 Å². The molecule has 1 aromatic rings. The standard InChI is InChI=1S/C11H13ClN2O2/c1-15-9-2-3-10(12)7(5-9)4-8-6-16-11(13)14-8/h2-3,5,8H,4,6H2,1H3,(H2,13,14). The Balaban J connectivity index is 2.14. The molecule has 2 rings (SSSR count). The largest absolute Gasteiger partial charge is 0.497 e. The van der Waals surface area contributed by atoms with Crippen LogP contribution < -0.4 is 10.5 Å². The van der Waals surface area contributed by atoms with Gasteiger partial charge in [0.15, 0.2) is 0 Å². The lowest BCUT2D eigenvalue weighted by molar-refractivity contribution is 0.312. The Kier molecular flexibility index (Phi) is 3.19. The molecule has 1 aliphatic rings. The zero-order valence-electron chi connectivity index (χ0n) is 8.94. The average molecular weight is 241 g/mol. The van der Waals surface area contributed by atoms with E-state index in [1.54, 1.807) is 7.11 Å². The average Bonchev–Trinajstić information content (AvgIpc) is 2.67. The number of methoxy groups -OCH3 is 1. The lowest BCUT2D eigenvalue weighted by Gasteiger charge is -2.09. The predicted octanol–water partition coefficient (Wildman–Crippen LogP) is 1.60. The number of nitrogens with two attached hydrogens (primary N) is 1. The Hall–Kier alpha value is -1.42. The minimum Gasteiger partial charge on any atom is -0.497 e. The Morgan fingerprint density at radius 2 is 2.44 bits per heavy atom. The van der Waals surface area contributed by atoms with E-state index in [-0.39, 0.29) is 12.1 Å². The van der Waals surface area contributed by atoms with E-state index in [0.29, 0.717) is 18.1 Å². The van der Waals surface area contributed by atoms with Crippen LogP contribution in [0.3, 0.4) is 0 Å². The molecule has 0 radical (unpaired) electrons. The summed E-state index contributed by atoms with van der Waals surface area (Å²) >= 11 is 6.09. The third kappa shape index (κ3) is 2.39. The number of ether oxygens (including phenoxy) is 2. The van der Waals surface area contributed by atoms with Gasteiger partial charge in [-0.1, -0.05) is 11.6 Å². The van der Waals surface area contributed by atoms with Gasteiger partial charge in [0, 0.05) is 5.02 Å². The number of halogens is 1. The maximum Gasteiger partial charge on any atom is 0.282 e. The minimum atomic E-state index is 0.0459. The van der Waals surface area contributed by atoms with Gasteiger partial charge in [-0.05, 0) is 30.2 Å². The van der Waals surface area contributed by atoms with Gasteiger partial charge in [-0.15, -0.1) is 0 Å². The van der Waals surface area contributed by atoms with Crippen LogP contribution in [0.1, 0.15) is 5.56 Å². The molecule has 0 saturated carbocycles. The maximum atomic E-state index is 6.09. The third-order valence-corrected chi connectivity index (χ3v) is 2.81. The van der Waals surface area contributed by atoms with Gasteiger partial charge in [-0.3, -0.25) is 0 Å². The number of nitrogens with zero attached hydrogens (tertiary/aromatic N) is 1. The Labute approximate surface area is 99.0 Å². The van der Waals surface area contributed by atoms with Crippen LogP contribution in [0.5, 0.6) is 5.75 Å². The van der Waals surface area contributed by atoms with Gasteiger partial charge in [0.2, 0.25) is 0 Å². The van der Waals surface area contributed by atoms with Gasteiger partial charge in [-0.25, -0.2) is 4.99 Å². The first-order chi connectivity index (χ1) is 7.69. The first kappa shape index (κ1) is 11.1. The van der Waals surface area contributed by atoms with Crippen molar-refractivity contribution in [2.45, 2.75) is 12.5 Å². The smallest absolute Gasteiger partial charge is 0.282 e. The van der Waals surface area contributed by atoms with Crippen molar-refractivity contribution in [3.63, 3.8) is 0 Å². The van der Waals surface area contributed by atoms with Gasteiger partial charge in [0.05, 0.1) is 13.2 Å². The molecular formula is C11H13ClN2O2. The molecule has 1 heterocycles. The fraction of sp³-hybridized carbons (Fsp3) is 0.364. The molecule has 1 unspecified atom stereocenters. The van der Waals surface area contributed by atoms with Crippen LogP contribution in [0.4, 0.5) is 0 Å². The molecule has 2 N–H and O–H groups in total. The highest BCUT2D eigenvalue weighted by atomic mass is 35.5. The molecule has 0 saturated heterocycles. The van der Waals surface area contributed by atoms with E-state index in [1.165, 1.54) is 0 Å². The molecular weight excluding hydrogens is 228 g/mol. The number of amidine groups is 1. The lowest BCUT2D eigenvalue weighted by Crippen LogP contribution is -2.11. The van der Waals surface area contributed by atoms with Gasteiger partial charge in [0.25, 0.3) is 6.02 Å². The summed E-state index contributed by atoms with van der Waals surface area (Å²) in [5, 5.41) is 0.710. The summed E-state index contributed by atoms with van der Waals surface area (Å²) in [7, 11) is 1.63. The van der Waals surface area contributed by atoms with E-state index < -0.39 is 0 Å². The molecule has 0 fully saturated rings. The van der Waals surface area contributed by atoms with Gasteiger partial charge in [-0.2, -0.15) is 0 Å². The molecule has 0 bridgehead atoms. The normalized spacial score (nSPS) is 19.1. The highest BCUT2D eigenvalue weighted by molar-refractivity contribution is 6.31. The SMILES string of the molecule is COc1ccc(Cl)c(CC2COC(N)=N2)c1. The van der Waals surface area contributed by atoms with Crippen molar-refractivity contribution < 1.29 is 9.47 Å². The molecule has 0 aliphatic carbocycles. The molecule has 16 heavy (non-hydrogen) atoms. The van der Waals surface area contributed by atoms with E-state index in [1.807, 2.05) is 18.2 Å². The molecule has 5 heteroatoms. The zero-order valence-corrected chi connectivity index (χ0v) is 9.70. The maximum absolute atomic E-state index is 6.09. The van der Waals surface area contributed by atoms with E-state index in [9.17, 15) is 0 Å². The number of hydrogen-bond donors (Lipinski definition) is 1.